The van der Waals surface area contributed by atoms with E-state index >= 15 is 9.59 Å². The Balaban J connectivity index is 2.68. The zero-order chi connectivity index (χ0) is 54.4. The molecular formula is C54H89N9O9. The number of para-hydroxylation sites is 1. The van der Waals surface area contributed by atoms with Gasteiger partial charge in [0, 0.05) is 45.6 Å². The van der Waals surface area contributed by atoms with Crippen LogP contribution < -0.4 is 26.5 Å². The Labute approximate surface area is 429 Å². The number of aromatic nitrogens is 1. The lowest BCUT2D eigenvalue weighted by atomic mass is 9.94. The molecule has 0 radical (unpaired) electrons. The molecule has 6 amide bonds. The topological polar surface area (TPSA) is 238 Å². The molecule has 1 aromatic heterocycles. The van der Waals surface area contributed by atoms with Crippen molar-refractivity contribution in [1.82, 2.24) is 35.4 Å². The Morgan fingerprint density at radius 1 is 0.667 bits per heavy atom. The maximum atomic E-state index is 15.1. The molecule has 404 valence electrons. The van der Waals surface area contributed by atoms with Gasteiger partial charge in [0.15, 0.2) is 0 Å². The molecule has 0 aliphatic rings. The monoisotopic (exact) mass is 1010 g/mol. The van der Waals surface area contributed by atoms with Gasteiger partial charge in [0.2, 0.25) is 35.4 Å². The molecule has 2 aromatic rings. The highest BCUT2D eigenvalue weighted by Gasteiger charge is 2.39. The van der Waals surface area contributed by atoms with Gasteiger partial charge < -0.3 is 46.0 Å². The number of carbonyl (C=O) groups excluding carboxylic acids is 7. The molecule has 18 nitrogen and oxygen atoms in total. The molecule has 0 aliphatic carbocycles. The van der Waals surface area contributed by atoms with E-state index in [1.807, 2.05) is 65.0 Å². The number of likely N-dealkylation sites (N-methyl/N-ethyl adjacent to an activating group) is 3. The van der Waals surface area contributed by atoms with Crippen LogP contribution in [0.3, 0.4) is 0 Å². The van der Waals surface area contributed by atoms with Crippen LogP contribution in [0.25, 0.3) is 10.9 Å². The number of hydrogen-bond donors (Lipinski definition) is 4. The summed E-state index contributed by atoms with van der Waals surface area (Å²) in [6.07, 6.45) is 8.46. The van der Waals surface area contributed by atoms with Crippen LogP contribution in [-0.2, 0) is 44.7 Å². The molecule has 72 heavy (non-hydrogen) atoms. The van der Waals surface area contributed by atoms with Crippen molar-refractivity contribution in [1.29, 1.82) is 5.26 Å². The highest BCUT2D eigenvalue weighted by molar-refractivity contribution is 5.97. The van der Waals surface area contributed by atoms with Crippen LogP contribution in [0, 0.1) is 35.0 Å². The summed E-state index contributed by atoms with van der Waals surface area (Å²) in [4.78, 5) is 109. The summed E-state index contributed by atoms with van der Waals surface area (Å²) in [5.74, 6) is -3.94. The van der Waals surface area contributed by atoms with Gasteiger partial charge in [-0.2, -0.15) is 9.99 Å². The summed E-state index contributed by atoms with van der Waals surface area (Å²) < 4.78 is 6.41. The van der Waals surface area contributed by atoms with Crippen LogP contribution in [0.15, 0.2) is 30.5 Å². The third-order valence-corrected chi connectivity index (χ3v) is 13.6. The van der Waals surface area contributed by atoms with Crippen molar-refractivity contribution in [3.8, 4) is 6.07 Å². The number of methoxy groups -OCH3 is 1. The Bertz CT molecular complexity index is 2120. The molecule has 0 saturated heterocycles. The minimum Gasteiger partial charge on any atom is -0.467 e. The van der Waals surface area contributed by atoms with Gasteiger partial charge in [-0.1, -0.05) is 112 Å². The van der Waals surface area contributed by atoms with Crippen molar-refractivity contribution in [2.45, 2.75) is 188 Å². The number of fused-ring (bicyclic) bond motifs is 1. The highest BCUT2D eigenvalue weighted by atomic mass is 16.6. The number of nitrogens with zero attached hydrogens (tertiary/aromatic N) is 5. The molecular weight excluding hydrogens is 919 g/mol. The van der Waals surface area contributed by atoms with E-state index in [4.69, 9.17) is 20.6 Å². The number of rotatable bonds is 32. The van der Waals surface area contributed by atoms with Crippen molar-refractivity contribution < 1.29 is 43.1 Å². The van der Waals surface area contributed by atoms with E-state index in [0.717, 1.165) is 49.4 Å². The van der Waals surface area contributed by atoms with Crippen LogP contribution in [0.4, 0.5) is 0 Å². The number of esters is 1. The normalized spacial score (nSPS) is 15.2. The van der Waals surface area contributed by atoms with Gasteiger partial charge in [-0.25, -0.2) is 4.79 Å². The fourth-order valence-corrected chi connectivity index (χ4v) is 9.08. The van der Waals surface area contributed by atoms with E-state index < -0.39 is 77.8 Å². The van der Waals surface area contributed by atoms with Gasteiger partial charge in [-0.15, -0.1) is 0 Å². The molecule has 0 aliphatic heterocycles. The standard InChI is InChI=1S/C54H89N9O9/c1-15-17-22-36(7)30-41(56)51(67)61(11)46(29-35(5)6)49(65)58-43(28-34(3)4)53(69)62(12)47(32-39-33-63(72-14)45-26-20-19-24-40(39)45)50(66)59-44(31-37(8)23-18-16-2)52(68)60(10)38(9)48(64)57-42(25-21-27-55)54(70)71-13/h19-20,24,26,33-38,41-44,46-47H,15-18,21-23,25,28-32,56H2,1-14H3,(H,57,64)(H,58,65)(H,59,66)/t36-,37-,38+,41+,42-,43+,44+,46+,47+/m1/s1. The predicted molar refractivity (Wildman–Crippen MR) is 280 cm³/mol. The first kappa shape index (κ1) is 62.4. The van der Waals surface area contributed by atoms with Crippen LogP contribution in [-0.4, -0.2) is 138 Å². The second-order valence-corrected chi connectivity index (χ2v) is 20.7. The van der Waals surface area contributed by atoms with Crippen LogP contribution in [0.2, 0.25) is 0 Å². The molecule has 2 rings (SSSR count). The Morgan fingerprint density at radius 3 is 1.72 bits per heavy atom. The predicted octanol–water partition coefficient (Wildman–Crippen LogP) is 5.53. The molecule has 18 heteroatoms. The van der Waals surface area contributed by atoms with Crippen molar-refractivity contribution in [3.05, 3.63) is 36.0 Å². The fraction of sp³-hybridized carbons (Fsp3) is 0.704. The third kappa shape index (κ3) is 18.7. The molecule has 0 fully saturated rings. The number of unbranched alkanes of at least 4 members (excludes halogenated alkanes) is 2. The maximum Gasteiger partial charge on any atom is 0.328 e. The second-order valence-electron chi connectivity index (χ2n) is 20.7. The van der Waals surface area contributed by atoms with E-state index in [0.29, 0.717) is 18.4 Å². The van der Waals surface area contributed by atoms with Crippen LogP contribution in [0.1, 0.15) is 145 Å². The summed E-state index contributed by atoms with van der Waals surface area (Å²) >= 11 is 0. The smallest absolute Gasteiger partial charge is 0.328 e. The molecule has 5 N–H and O–H groups in total. The molecule has 1 aromatic carbocycles. The molecule has 0 spiro atoms. The molecule has 0 saturated carbocycles. The lowest BCUT2D eigenvalue weighted by Crippen LogP contribution is -2.60. The van der Waals surface area contributed by atoms with Crippen LogP contribution in [0.5, 0.6) is 0 Å². The number of nitriles is 1. The number of amides is 6. The minimum atomic E-state index is -1.24. The number of carbonyl (C=O) groups is 7. The SMILES string of the molecule is CCCC[C@@H](C)C[C@H](NC(=O)[C@H](Cc1cn(OC)c2ccccc12)N(C)C(=O)[C@H](CC(C)C)NC(=O)[C@H](CC(C)C)N(C)C(=O)[C@@H](N)C[C@H](C)CCCC)C(=O)N(C)[C@@H](C)C(=O)N[C@H](CCC#N)C(=O)OC. The zero-order valence-corrected chi connectivity index (χ0v) is 45.9. The number of nitrogens with two attached hydrogens (primary N) is 1. The Kier molecular flexibility index (Phi) is 26.9. The van der Waals surface area contributed by atoms with Crippen molar-refractivity contribution in [2.24, 2.45) is 29.4 Å². The lowest BCUT2D eigenvalue weighted by Gasteiger charge is -2.35. The van der Waals surface area contributed by atoms with Gasteiger partial charge in [-0.05, 0) is 74.3 Å². The van der Waals surface area contributed by atoms with Crippen molar-refractivity contribution in [3.63, 3.8) is 0 Å². The van der Waals surface area contributed by atoms with Gasteiger partial charge in [-0.3, -0.25) is 28.8 Å². The molecule has 1 heterocycles. The lowest BCUT2D eigenvalue weighted by molar-refractivity contribution is -0.147. The van der Waals surface area contributed by atoms with E-state index in [1.165, 1.54) is 49.9 Å². The number of nitrogens with one attached hydrogen (secondary N) is 3. The summed E-state index contributed by atoms with van der Waals surface area (Å²) in [6.45, 7) is 17.5. The molecule has 9 atom stereocenters. The first-order valence-corrected chi connectivity index (χ1v) is 26.0. The maximum absolute atomic E-state index is 15.1. The fourth-order valence-electron chi connectivity index (χ4n) is 9.08. The van der Waals surface area contributed by atoms with E-state index in [2.05, 4.69) is 36.7 Å². The average Bonchev–Trinajstić information content (AvgIpc) is 3.71. The largest absolute Gasteiger partial charge is 0.467 e. The van der Waals surface area contributed by atoms with Gasteiger partial charge in [0.25, 0.3) is 0 Å². The first-order chi connectivity index (χ1) is 34.0. The summed E-state index contributed by atoms with van der Waals surface area (Å²) in [7, 11) is 7.22. The highest BCUT2D eigenvalue weighted by Crippen LogP contribution is 2.25. The van der Waals surface area contributed by atoms with Crippen molar-refractivity contribution in [2.75, 3.05) is 35.4 Å². The summed E-state index contributed by atoms with van der Waals surface area (Å²) in [5.41, 5.74) is 7.88. The Morgan fingerprint density at radius 2 is 1.18 bits per heavy atom. The van der Waals surface area contributed by atoms with Crippen LogP contribution >= 0.6 is 0 Å². The minimum absolute atomic E-state index is 0.00268. The van der Waals surface area contributed by atoms with E-state index in [9.17, 15) is 24.0 Å². The second kappa shape index (κ2) is 31.0. The number of ether oxygens (including phenoxy) is 1. The molecule has 0 bridgehead atoms. The number of benzene rings is 1. The van der Waals surface area contributed by atoms with Crippen molar-refractivity contribution >= 4 is 52.3 Å². The Hall–Kier alpha value is -5.70. The average molecular weight is 1010 g/mol. The zero-order valence-electron chi connectivity index (χ0n) is 45.9. The van der Waals surface area contributed by atoms with E-state index in [-0.39, 0.29) is 61.7 Å². The van der Waals surface area contributed by atoms with Gasteiger partial charge in [0.05, 0.1) is 24.7 Å². The quantitative estimate of drug-likeness (QED) is 0.0665. The first-order valence-electron chi connectivity index (χ1n) is 26.0. The van der Waals surface area contributed by atoms with Gasteiger partial charge >= 0.3 is 5.97 Å². The third-order valence-electron chi connectivity index (χ3n) is 13.6. The number of hydrogen-bond acceptors (Lipinski definition) is 11. The summed E-state index contributed by atoms with van der Waals surface area (Å²) in [6, 6.07) is 1.95. The molecule has 0 unspecified atom stereocenters. The van der Waals surface area contributed by atoms with E-state index in [1.54, 1.807) is 18.0 Å². The summed E-state index contributed by atoms with van der Waals surface area (Å²) in [5, 5.41) is 18.5. The van der Waals surface area contributed by atoms with Gasteiger partial charge in [0.1, 0.15) is 43.4 Å².